The first-order valence-electron chi connectivity index (χ1n) is 7.07. The largest absolute Gasteiger partial charge is 0.479 e. The van der Waals surface area contributed by atoms with E-state index in [1.54, 1.807) is 0 Å². The van der Waals surface area contributed by atoms with Gasteiger partial charge in [0.15, 0.2) is 18.7 Å². The molecule has 0 amide bonds. The fraction of sp³-hybridized carbons (Fsp3) is 0.917. The molecule has 140 valence electrons. The summed E-state index contributed by atoms with van der Waals surface area (Å²) < 4.78 is 14.7. The Labute approximate surface area is 135 Å². The highest BCUT2D eigenvalue weighted by Gasteiger charge is 2.51. The maximum absolute atomic E-state index is 11.0. The standard InChI is InChI=1S/C12H20O12/c13-1-2-3(14)8(7(18)11(21)22-2)23-12-6(17)4(15)5(16)9(24-12)10(19)20/h2-9,11-18,21H,1H2,(H,19,20)/t2-,3+,4+,5+,6-,7-,8+,9+,11-,12-/m1/s1. The van der Waals surface area contributed by atoms with Crippen LogP contribution in [0.4, 0.5) is 0 Å². The van der Waals surface area contributed by atoms with Gasteiger partial charge >= 0.3 is 5.97 Å². The van der Waals surface area contributed by atoms with Gasteiger partial charge in [0.25, 0.3) is 0 Å². The Hall–Kier alpha value is -0.930. The summed E-state index contributed by atoms with van der Waals surface area (Å²) in [6, 6.07) is 0. The van der Waals surface area contributed by atoms with E-state index in [0.29, 0.717) is 0 Å². The van der Waals surface area contributed by atoms with Crippen LogP contribution in [0.25, 0.3) is 0 Å². The number of carbonyl (C=O) groups is 1. The Morgan fingerprint density at radius 1 is 0.875 bits per heavy atom. The zero-order valence-corrected chi connectivity index (χ0v) is 12.2. The maximum atomic E-state index is 11.0. The Balaban J connectivity index is 2.16. The Kier molecular flexibility index (Phi) is 6.09. The van der Waals surface area contributed by atoms with E-state index in [1.807, 2.05) is 0 Å². The van der Waals surface area contributed by atoms with Gasteiger partial charge in [0.05, 0.1) is 6.61 Å². The number of carboxylic acid groups (broad SMARTS) is 1. The molecule has 2 aliphatic heterocycles. The van der Waals surface area contributed by atoms with E-state index in [4.69, 9.17) is 24.4 Å². The molecule has 0 spiro atoms. The molecule has 0 aliphatic carbocycles. The molecule has 2 fully saturated rings. The van der Waals surface area contributed by atoms with E-state index in [1.165, 1.54) is 0 Å². The van der Waals surface area contributed by atoms with Gasteiger partial charge in [-0.1, -0.05) is 0 Å². The minimum Gasteiger partial charge on any atom is -0.479 e. The molecule has 0 saturated carbocycles. The van der Waals surface area contributed by atoms with Gasteiger partial charge in [-0.2, -0.15) is 0 Å². The number of hydrogen-bond acceptors (Lipinski definition) is 11. The van der Waals surface area contributed by atoms with Gasteiger partial charge in [-0.05, 0) is 0 Å². The summed E-state index contributed by atoms with van der Waals surface area (Å²) in [5, 5.41) is 76.4. The van der Waals surface area contributed by atoms with E-state index in [2.05, 4.69) is 0 Å². The number of hydrogen-bond donors (Lipinski definition) is 8. The van der Waals surface area contributed by atoms with E-state index in [0.717, 1.165) is 0 Å². The molecule has 2 rings (SSSR count). The molecule has 0 aromatic carbocycles. The van der Waals surface area contributed by atoms with Crippen molar-refractivity contribution in [3.63, 3.8) is 0 Å². The third kappa shape index (κ3) is 3.52. The molecular formula is C12H20O12. The van der Waals surface area contributed by atoms with Crippen LogP contribution in [0, 0.1) is 0 Å². The first kappa shape index (κ1) is 19.4. The van der Waals surface area contributed by atoms with Crippen molar-refractivity contribution >= 4 is 5.97 Å². The van der Waals surface area contributed by atoms with Crippen molar-refractivity contribution in [3.05, 3.63) is 0 Å². The number of ether oxygens (including phenoxy) is 3. The molecule has 0 bridgehead atoms. The number of aliphatic hydroxyl groups excluding tert-OH is 7. The van der Waals surface area contributed by atoms with E-state index < -0.39 is 74.0 Å². The maximum Gasteiger partial charge on any atom is 0.335 e. The van der Waals surface area contributed by atoms with Crippen LogP contribution in [0.5, 0.6) is 0 Å². The lowest BCUT2D eigenvalue weighted by Gasteiger charge is -2.44. The van der Waals surface area contributed by atoms with Crippen LogP contribution in [-0.4, -0.2) is 115 Å². The molecular weight excluding hydrogens is 336 g/mol. The molecule has 24 heavy (non-hydrogen) atoms. The summed E-state index contributed by atoms with van der Waals surface area (Å²) in [5.41, 5.74) is 0. The molecule has 8 N–H and O–H groups in total. The minimum absolute atomic E-state index is 0.724. The van der Waals surface area contributed by atoms with Gasteiger partial charge in [0.1, 0.15) is 42.7 Å². The summed E-state index contributed by atoms with van der Waals surface area (Å²) in [7, 11) is 0. The zero-order valence-electron chi connectivity index (χ0n) is 12.2. The quantitative estimate of drug-likeness (QED) is 0.238. The lowest BCUT2D eigenvalue weighted by molar-refractivity contribution is -0.351. The Morgan fingerprint density at radius 2 is 1.50 bits per heavy atom. The molecule has 2 aliphatic rings. The highest BCUT2D eigenvalue weighted by atomic mass is 16.7. The van der Waals surface area contributed by atoms with E-state index in [-0.39, 0.29) is 0 Å². The SMILES string of the molecule is O=C(O)[C@H]1O[C@@H](O[C@@H]2[C@@H](O)[C@H](O)O[C@H](CO)[C@@H]2O)[C@H](O)[C@@H](O)[C@@H]1O. The fourth-order valence-electron chi connectivity index (χ4n) is 2.55. The first-order valence-corrected chi connectivity index (χ1v) is 7.07. The summed E-state index contributed by atoms with van der Waals surface area (Å²) in [6.45, 7) is -0.724. The molecule has 0 radical (unpaired) electrons. The van der Waals surface area contributed by atoms with Crippen LogP contribution in [0.3, 0.4) is 0 Å². The molecule has 2 heterocycles. The molecule has 12 nitrogen and oxygen atoms in total. The number of rotatable bonds is 4. The van der Waals surface area contributed by atoms with Gasteiger partial charge < -0.3 is 55.1 Å². The second-order valence-electron chi connectivity index (χ2n) is 5.56. The van der Waals surface area contributed by atoms with Gasteiger partial charge in [-0.15, -0.1) is 0 Å². The lowest BCUT2D eigenvalue weighted by Crippen LogP contribution is -2.65. The summed E-state index contributed by atoms with van der Waals surface area (Å²) in [4.78, 5) is 11.0. The minimum atomic E-state index is -1.93. The Morgan fingerprint density at radius 3 is 2.04 bits per heavy atom. The van der Waals surface area contributed by atoms with Crippen molar-refractivity contribution in [1.29, 1.82) is 0 Å². The van der Waals surface area contributed by atoms with Crippen LogP contribution in [-0.2, 0) is 19.0 Å². The normalized spacial score (nSPS) is 49.8. The topological polar surface area (TPSA) is 207 Å². The smallest absolute Gasteiger partial charge is 0.335 e. The predicted molar refractivity (Wildman–Crippen MR) is 69.2 cm³/mol. The van der Waals surface area contributed by atoms with Crippen molar-refractivity contribution in [2.24, 2.45) is 0 Å². The van der Waals surface area contributed by atoms with Crippen molar-refractivity contribution in [3.8, 4) is 0 Å². The summed E-state index contributed by atoms with van der Waals surface area (Å²) in [6.07, 6.45) is -17.8. The Bertz CT molecular complexity index is 446. The van der Waals surface area contributed by atoms with Crippen LogP contribution >= 0.6 is 0 Å². The number of aliphatic carboxylic acids is 1. The zero-order chi connectivity index (χ0) is 18.2. The number of carboxylic acids is 1. The highest BCUT2D eigenvalue weighted by Crippen LogP contribution is 2.28. The van der Waals surface area contributed by atoms with Crippen LogP contribution < -0.4 is 0 Å². The predicted octanol–water partition coefficient (Wildman–Crippen LogP) is -5.30. The van der Waals surface area contributed by atoms with Crippen molar-refractivity contribution in [2.75, 3.05) is 6.61 Å². The third-order valence-corrected chi connectivity index (χ3v) is 3.94. The van der Waals surface area contributed by atoms with Gasteiger partial charge in [-0.3, -0.25) is 0 Å². The summed E-state index contributed by atoms with van der Waals surface area (Å²) >= 11 is 0. The van der Waals surface area contributed by atoms with Crippen LogP contribution in [0.2, 0.25) is 0 Å². The monoisotopic (exact) mass is 356 g/mol. The first-order chi connectivity index (χ1) is 11.2. The van der Waals surface area contributed by atoms with Gasteiger partial charge in [0.2, 0.25) is 0 Å². The van der Waals surface area contributed by atoms with Crippen LogP contribution in [0.15, 0.2) is 0 Å². The van der Waals surface area contributed by atoms with E-state index in [9.17, 15) is 35.4 Å². The molecule has 10 atom stereocenters. The second-order valence-corrected chi connectivity index (χ2v) is 5.56. The van der Waals surface area contributed by atoms with Crippen molar-refractivity contribution < 1.29 is 59.9 Å². The summed E-state index contributed by atoms with van der Waals surface area (Å²) in [5.74, 6) is -1.64. The van der Waals surface area contributed by atoms with Crippen molar-refractivity contribution in [1.82, 2.24) is 0 Å². The molecule has 0 aromatic heterocycles. The van der Waals surface area contributed by atoms with Gasteiger partial charge in [0, 0.05) is 0 Å². The molecule has 0 unspecified atom stereocenters. The average molecular weight is 356 g/mol. The number of aliphatic hydroxyl groups is 7. The van der Waals surface area contributed by atoms with E-state index >= 15 is 0 Å². The third-order valence-electron chi connectivity index (χ3n) is 3.94. The fourth-order valence-corrected chi connectivity index (χ4v) is 2.55. The molecule has 2 saturated heterocycles. The lowest BCUT2D eigenvalue weighted by atomic mass is 9.97. The van der Waals surface area contributed by atoms with Crippen molar-refractivity contribution in [2.45, 2.75) is 61.4 Å². The average Bonchev–Trinajstić information content (AvgIpc) is 2.54. The second kappa shape index (κ2) is 7.53. The molecule has 0 aromatic rings. The molecule has 12 heteroatoms. The van der Waals surface area contributed by atoms with Crippen LogP contribution in [0.1, 0.15) is 0 Å². The highest BCUT2D eigenvalue weighted by molar-refractivity contribution is 5.73. The van der Waals surface area contributed by atoms with Gasteiger partial charge in [-0.25, -0.2) is 4.79 Å².